The number of hydrogen-bond donors (Lipinski definition) is 1. The lowest BCUT2D eigenvalue weighted by atomic mass is 10.3. The van der Waals surface area contributed by atoms with E-state index in [0.717, 1.165) is 50.0 Å². The number of urea groups is 1. The number of rotatable bonds is 5. The zero-order chi connectivity index (χ0) is 19.5. The van der Waals surface area contributed by atoms with E-state index in [1.54, 1.807) is 28.8 Å². The van der Waals surface area contributed by atoms with Crippen molar-refractivity contribution in [2.24, 2.45) is 0 Å². The molecular formula is C18H20Cl2N6OS. The highest BCUT2D eigenvalue weighted by Crippen LogP contribution is 2.39. The lowest BCUT2D eigenvalue weighted by Gasteiger charge is -2.35. The summed E-state index contributed by atoms with van der Waals surface area (Å²) in [6.45, 7) is 5.37. The molecule has 1 aromatic heterocycles. The smallest absolute Gasteiger partial charge is 0.332 e. The van der Waals surface area contributed by atoms with Crippen molar-refractivity contribution in [3.05, 3.63) is 40.6 Å². The maximum absolute atomic E-state index is 12.3. The molecule has 1 fully saturated rings. The zero-order valence-corrected chi connectivity index (χ0v) is 17.5. The summed E-state index contributed by atoms with van der Waals surface area (Å²) in [7, 11) is 0. The predicted molar refractivity (Wildman–Crippen MR) is 113 cm³/mol. The van der Waals surface area contributed by atoms with Crippen molar-refractivity contribution in [3.8, 4) is 0 Å². The fourth-order valence-electron chi connectivity index (χ4n) is 3.25. The first-order valence-electron chi connectivity index (χ1n) is 9.10. The van der Waals surface area contributed by atoms with E-state index >= 15 is 0 Å². The Morgan fingerprint density at radius 2 is 1.75 bits per heavy atom. The molecule has 0 atom stereocenters. The Morgan fingerprint density at radius 1 is 1.04 bits per heavy atom. The van der Waals surface area contributed by atoms with Gasteiger partial charge in [-0.05, 0) is 36.6 Å². The van der Waals surface area contributed by atoms with Crippen LogP contribution in [0, 0.1) is 0 Å². The molecule has 148 valence electrons. The molecule has 0 aliphatic carbocycles. The van der Waals surface area contributed by atoms with E-state index < -0.39 is 0 Å². The molecule has 0 spiro atoms. The second-order valence-corrected chi connectivity index (χ2v) is 8.49. The minimum Gasteiger partial charge on any atom is -0.338 e. The molecule has 1 aromatic carbocycles. The van der Waals surface area contributed by atoms with Crippen molar-refractivity contribution >= 4 is 52.8 Å². The van der Waals surface area contributed by atoms with Gasteiger partial charge in [0.05, 0.1) is 20.6 Å². The number of nitrogens with zero attached hydrogens (tertiary/aromatic N) is 5. The molecule has 1 N–H and O–H groups in total. The van der Waals surface area contributed by atoms with E-state index in [9.17, 15) is 4.79 Å². The first kappa shape index (κ1) is 19.6. The third kappa shape index (κ3) is 4.46. The summed E-state index contributed by atoms with van der Waals surface area (Å²) in [6, 6.07) is 5.19. The standard InChI is InChI=1S/C18H20Cl2N6OS/c19-13-11-15-16(12-14(13)20)28-26(18(27)23-15)6-2-5-24-7-9-25(10-8-24)17-21-3-1-4-22-17/h1,3-4,11-12H,2,5-10H2,(H,23,27). The minimum absolute atomic E-state index is 0.123. The third-order valence-electron chi connectivity index (χ3n) is 4.74. The van der Waals surface area contributed by atoms with Gasteiger partial charge in [-0.15, -0.1) is 0 Å². The molecule has 28 heavy (non-hydrogen) atoms. The molecule has 2 aromatic rings. The summed E-state index contributed by atoms with van der Waals surface area (Å²) in [5.41, 5.74) is 0.708. The maximum Gasteiger partial charge on any atom is 0.332 e. The highest BCUT2D eigenvalue weighted by Gasteiger charge is 2.25. The Morgan fingerprint density at radius 3 is 2.50 bits per heavy atom. The summed E-state index contributed by atoms with van der Waals surface area (Å²) in [5, 5.41) is 3.81. The highest BCUT2D eigenvalue weighted by molar-refractivity contribution is 7.97. The topological polar surface area (TPSA) is 64.6 Å². The van der Waals surface area contributed by atoms with Crippen LogP contribution in [0.2, 0.25) is 10.0 Å². The van der Waals surface area contributed by atoms with Crippen molar-refractivity contribution in [2.45, 2.75) is 11.3 Å². The number of amides is 2. The molecule has 4 rings (SSSR count). The lowest BCUT2D eigenvalue weighted by Crippen LogP contribution is -2.47. The Hall–Kier alpha value is -1.74. The molecule has 2 aliphatic heterocycles. The average Bonchev–Trinajstić information content (AvgIpc) is 2.71. The van der Waals surface area contributed by atoms with Crippen LogP contribution in [0.25, 0.3) is 0 Å². The van der Waals surface area contributed by atoms with Crippen LogP contribution < -0.4 is 10.2 Å². The number of piperazine rings is 1. The van der Waals surface area contributed by atoms with Crippen LogP contribution in [0.3, 0.4) is 0 Å². The third-order valence-corrected chi connectivity index (χ3v) is 6.57. The van der Waals surface area contributed by atoms with Crippen molar-refractivity contribution in [2.75, 3.05) is 49.5 Å². The second-order valence-electron chi connectivity index (χ2n) is 6.62. The van der Waals surface area contributed by atoms with Gasteiger partial charge >= 0.3 is 6.03 Å². The first-order chi connectivity index (χ1) is 13.6. The van der Waals surface area contributed by atoms with Gasteiger partial charge in [0.25, 0.3) is 0 Å². The second kappa shape index (κ2) is 8.73. The van der Waals surface area contributed by atoms with Gasteiger partial charge in [0, 0.05) is 51.7 Å². The van der Waals surface area contributed by atoms with Crippen molar-refractivity contribution in [1.82, 2.24) is 19.2 Å². The van der Waals surface area contributed by atoms with Crippen molar-refractivity contribution in [1.29, 1.82) is 0 Å². The number of anilines is 2. The van der Waals surface area contributed by atoms with Gasteiger partial charge in [-0.25, -0.2) is 14.8 Å². The van der Waals surface area contributed by atoms with Crippen molar-refractivity contribution < 1.29 is 4.79 Å². The Balaban J connectivity index is 1.24. The van der Waals surface area contributed by atoms with Gasteiger partial charge in [-0.1, -0.05) is 23.2 Å². The number of carbonyl (C=O) groups excluding carboxylic acids is 1. The van der Waals surface area contributed by atoms with Crippen LogP contribution in [0.1, 0.15) is 6.42 Å². The van der Waals surface area contributed by atoms with Crippen LogP contribution in [0.5, 0.6) is 0 Å². The Kier molecular flexibility index (Phi) is 6.10. The van der Waals surface area contributed by atoms with Crippen LogP contribution >= 0.6 is 35.1 Å². The highest BCUT2D eigenvalue weighted by atomic mass is 35.5. The SMILES string of the molecule is O=C1Nc2cc(Cl)c(Cl)cc2SN1CCCN1CCN(c2ncccn2)CC1. The van der Waals surface area contributed by atoms with E-state index in [1.165, 1.54) is 11.9 Å². The summed E-state index contributed by atoms with van der Waals surface area (Å²) in [5.74, 6) is 0.793. The fraction of sp³-hybridized carbons (Fsp3) is 0.389. The summed E-state index contributed by atoms with van der Waals surface area (Å²) < 4.78 is 1.74. The van der Waals surface area contributed by atoms with Gasteiger partial charge in [-0.2, -0.15) is 0 Å². The average molecular weight is 439 g/mol. The van der Waals surface area contributed by atoms with Gasteiger partial charge in [-0.3, -0.25) is 9.21 Å². The van der Waals surface area contributed by atoms with E-state index in [1.807, 2.05) is 6.07 Å². The maximum atomic E-state index is 12.3. The number of carbonyl (C=O) groups is 1. The number of aromatic nitrogens is 2. The number of fused-ring (bicyclic) bond motifs is 1. The predicted octanol–water partition coefficient (Wildman–Crippen LogP) is 3.85. The van der Waals surface area contributed by atoms with Crippen molar-refractivity contribution in [3.63, 3.8) is 0 Å². The monoisotopic (exact) mass is 438 g/mol. The molecular weight excluding hydrogens is 419 g/mol. The van der Waals surface area contributed by atoms with E-state index in [-0.39, 0.29) is 6.03 Å². The Bertz CT molecular complexity index is 847. The first-order valence-corrected chi connectivity index (χ1v) is 10.6. The molecule has 0 bridgehead atoms. The molecule has 0 unspecified atom stereocenters. The fourth-order valence-corrected chi connectivity index (χ4v) is 4.61. The Labute approximate surface area is 178 Å². The molecule has 2 aliphatic rings. The molecule has 10 heteroatoms. The van der Waals surface area contributed by atoms with Gasteiger partial charge in [0.1, 0.15) is 0 Å². The molecule has 0 radical (unpaired) electrons. The molecule has 3 heterocycles. The normalized spacial score (nSPS) is 17.4. The lowest BCUT2D eigenvalue weighted by molar-refractivity contribution is 0.228. The van der Waals surface area contributed by atoms with Gasteiger partial charge in [0.15, 0.2) is 0 Å². The largest absolute Gasteiger partial charge is 0.338 e. The molecule has 2 amide bonds. The molecule has 7 nitrogen and oxygen atoms in total. The quantitative estimate of drug-likeness (QED) is 0.715. The van der Waals surface area contributed by atoms with E-state index in [0.29, 0.717) is 22.3 Å². The minimum atomic E-state index is -0.123. The number of hydrogen-bond acceptors (Lipinski definition) is 6. The van der Waals surface area contributed by atoms with E-state index in [2.05, 4.69) is 25.1 Å². The van der Waals surface area contributed by atoms with Crippen LogP contribution in [0.4, 0.5) is 16.4 Å². The van der Waals surface area contributed by atoms with Gasteiger partial charge in [0.2, 0.25) is 5.95 Å². The van der Waals surface area contributed by atoms with Crippen LogP contribution in [-0.2, 0) is 0 Å². The molecule has 0 saturated carbocycles. The number of nitrogens with one attached hydrogen (secondary N) is 1. The summed E-state index contributed by atoms with van der Waals surface area (Å²) >= 11 is 13.5. The molecule has 1 saturated heterocycles. The summed E-state index contributed by atoms with van der Waals surface area (Å²) in [4.78, 5) is 26.5. The van der Waals surface area contributed by atoms with Crippen LogP contribution in [-0.4, -0.2) is 64.5 Å². The van der Waals surface area contributed by atoms with E-state index in [4.69, 9.17) is 23.2 Å². The number of benzene rings is 1. The number of halogens is 2. The van der Waals surface area contributed by atoms with Gasteiger partial charge < -0.3 is 10.2 Å². The summed E-state index contributed by atoms with van der Waals surface area (Å²) in [6.07, 6.45) is 4.45. The zero-order valence-electron chi connectivity index (χ0n) is 15.1. The van der Waals surface area contributed by atoms with Crippen LogP contribution in [0.15, 0.2) is 35.5 Å².